The first kappa shape index (κ1) is 11.2. The molecule has 1 aliphatic rings. The van der Waals surface area contributed by atoms with E-state index in [4.69, 9.17) is 11.5 Å². The van der Waals surface area contributed by atoms with Crippen molar-refractivity contribution in [3.8, 4) is 0 Å². The average Bonchev–Trinajstić information content (AvgIpc) is 2.29. The molecule has 1 aliphatic carbocycles. The lowest BCUT2D eigenvalue weighted by Gasteiger charge is -2.12. The van der Waals surface area contributed by atoms with Crippen LogP contribution in [0.15, 0.2) is 64.8 Å². The lowest BCUT2D eigenvalue weighted by atomic mass is 9.99. The van der Waals surface area contributed by atoms with Crippen LogP contribution in [0.25, 0.3) is 0 Å². The van der Waals surface area contributed by atoms with E-state index in [0.29, 0.717) is 5.70 Å². The van der Waals surface area contributed by atoms with Gasteiger partial charge >= 0.3 is 0 Å². The van der Waals surface area contributed by atoms with Crippen molar-refractivity contribution in [2.45, 2.75) is 6.92 Å². The van der Waals surface area contributed by atoms with E-state index in [1.165, 1.54) is 0 Å². The first-order valence-corrected chi connectivity index (χ1v) is 5.35. The summed E-state index contributed by atoms with van der Waals surface area (Å²) in [6.07, 6.45) is 3.78. The van der Waals surface area contributed by atoms with Crippen LogP contribution in [0.2, 0.25) is 0 Å². The predicted molar refractivity (Wildman–Crippen MR) is 73.1 cm³/mol. The number of aliphatic imine (C=N–C) groups is 1. The third-order valence-corrected chi connectivity index (χ3v) is 2.63. The molecule has 0 unspecified atom stereocenters. The van der Waals surface area contributed by atoms with E-state index in [0.717, 1.165) is 28.2 Å². The number of anilines is 1. The van der Waals surface area contributed by atoms with Gasteiger partial charge in [0.05, 0.1) is 17.1 Å². The van der Waals surface area contributed by atoms with Crippen molar-refractivity contribution in [1.82, 2.24) is 0 Å². The van der Waals surface area contributed by atoms with Crippen LogP contribution < -0.4 is 11.5 Å². The second-order valence-electron chi connectivity index (χ2n) is 4.04. The predicted octanol–water partition coefficient (Wildman–Crippen LogP) is 2.70. The fourth-order valence-electron chi connectivity index (χ4n) is 1.54. The molecule has 86 valence electrons. The maximum Gasteiger partial charge on any atom is 0.0869 e. The van der Waals surface area contributed by atoms with E-state index in [9.17, 15) is 0 Å². The first-order valence-electron chi connectivity index (χ1n) is 5.35. The SMILES string of the molecule is C=C1C=C(N)/C(=N\c2ccc(N)cc2)C=C1C. The minimum atomic E-state index is 0.637. The summed E-state index contributed by atoms with van der Waals surface area (Å²) in [7, 11) is 0. The first-order chi connectivity index (χ1) is 8.06. The van der Waals surface area contributed by atoms with Crippen molar-refractivity contribution in [2.75, 3.05) is 5.73 Å². The summed E-state index contributed by atoms with van der Waals surface area (Å²) in [5.41, 5.74) is 16.5. The Kier molecular flexibility index (Phi) is 2.83. The van der Waals surface area contributed by atoms with Crippen LogP contribution in [0.1, 0.15) is 6.92 Å². The number of nitrogens with two attached hydrogens (primary N) is 2. The molecule has 0 atom stereocenters. The van der Waals surface area contributed by atoms with Gasteiger partial charge < -0.3 is 11.5 Å². The van der Waals surface area contributed by atoms with Crippen molar-refractivity contribution in [3.05, 3.63) is 59.8 Å². The van der Waals surface area contributed by atoms with Gasteiger partial charge in [0, 0.05) is 5.69 Å². The Morgan fingerprint density at radius 1 is 1.06 bits per heavy atom. The lowest BCUT2D eigenvalue weighted by Crippen LogP contribution is -2.13. The molecule has 0 radical (unpaired) electrons. The largest absolute Gasteiger partial charge is 0.399 e. The molecule has 0 saturated carbocycles. The van der Waals surface area contributed by atoms with Crippen molar-refractivity contribution >= 4 is 17.1 Å². The highest BCUT2D eigenvalue weighted by atomic mass is 14.8. The molecule has 3 heteroatoms. The van der Waals surface area contributed by atoms with Crippen LogP contribution in [0.5, 0.6) is 0 Å². The van der Waals surface area contributed by atoms with E-state index >= 15 is 0 Å². The molecule has 1 aromatic carbocycles. The fourth-order valence-corrected chi connectivity index (χ4v) is 1.54. The Hall–Kier alpha value is -2.29. The van der Waals surface area contributed by atoms with Gasteiger partial charge in [-0.15, -0.1) is 0 Å². The molecular weight excluding hydrogens is 210 g/mol. The third kappa shape index (κ3) is 2.45. The van der Waals surface area contributed by atoms with Gasteiger partial charge in [0.1, 0.15) is 0 Å². The number of nitrogens with zero attached hydrogens (tertiary/aromatic N) is 1. The lowest BCUT2D eigenvalue weighted by molar-refractivity contribution is 1.34. The number of rotatable bonds is 1. The monoisotopic (exact) mass is 225 g/mol. The maximum absolute atomic E-state index is 5.91. The second kappa shape index (κ2) is 4.29. The van der Waals surface area contributed by atoms with Crippen LogP contribution in [0.4, 0.5) is 11.4 Å². The second-order valence-corrected chi connectivity index (χ2v) is 4.04. The Morgan fingerprint density at radius 3 is 2.35 bits per heavy atom. The molecule has 0 bridgehead atoms. The number of benzene rings is 1. The van der Waals surface area contributed by atoms with Crippen LogP contribution in [0.3, 0.4) is 0 Å². The zero-order chi connectivity index (χ0) is 12.4. The molecule has 0 aliphatic heterocycles. The highest BCUT2D eigenvalue weighted by molar-refractivity contribution is 6.11. The molecule has 0 aromatic heterocycles. The molecule has 0 amide bonds. The Bertz CT molecular complexity index is 545. The Labute approximate surface area is 101 Å². The molecule has 0 fully saturated rings. The van der Waals surface area contributed by atoms with Crippen LogP contribution in [-0.2, 0) is 0 Å². The molecule has 2 rings (SSSR count). The maximum atomic E-state index is 5.91. The summed E-state index contributed by atoms with van der Waals surface area (Å²) in [5.74, 6) is 0. The normalized spacial score (nSPS) is 17.9. The van der Waals surface area contributed by atoms with Crippen molar-refractivity contribution in [2.24, 2.45) is 10.7 Å². The van der Waals surface area contributed by atoms with Gasteiger partial charge in [-0.25, -0.2) is 4.99 Å². The quantitative estimate of drug-likeness (QED) is 0.722. The van der Waals surface area contributed by atoms with Gasteiger partial charge in [0.25, 0.3) is 0 Å². The minimum absolute atomic E-state index is 0.637. The molecular formula is C14H15N3. The van der Waals surface area contributed by atoms with E-state index in [1.807, 2.05) is 43.3 Å². The molecule has 0 saturated heterocycles. The number of allylic oxidation sites excluding steroid dienone is 4. The van der Waals surface area contributed by atoms with Gasteiger partial charge in [-0.05, 0) is 54.5 Å². The third-order valence-electron chi connectivity index (χ3n) is 2.63. The Balaban J connectivity index is 2.37. The summed E-state index contributed by atoms with van der Waals surface area (Å²) in [6.45, 7) is 5.89. The number of hydrogen-bond donors (Lipinski definition) is 2. The summed E-state index contributed by atoms with van der Waals surface area (Å²) >= 11 is 0. The smallest absolute Gasteiger partial charge is 0.0869 e. The summed E-state index contributed by atoms with van der Waals surface area (Å²) < 4.78 is 0. The minimum Gasteiger partial charge on any atom is -0.399 e. The molecule has 0 heterocycles. The van der Waals surface area contributed by atoms with E-state index in [2.05, 4.69) is 11.6 Å². The molecule has 17 heavy (non-hydrogen) atoms. The zero-order valence-electron chi connectivity index (χ0n) is 9.77. The molecule has 3 nitrogen and oxygen atoms in total. The van der Waals surface area contributed by atoms with Crippen LogP contribution in [0, 0.1) is 0 Å². The highest BCUT2D eigenvalue weighted by Gasteiger charge is 2.09. The molecule has 0 spiro atoms. The Morgan fingerprint density at radius 2 is 1.71 bits per heavy atom. The highest BCUT2D eigenvalue weighted by Crippen LogP contribution is 2.20. The van der Waals surface area contributed by atoms with Crippen molar-refractivity contribution < 1.29 is 0 Å². The molecule has 4 N–H and O–H groups in total. The fraction of sp³-hybridized carbons (Fsp3) is 0.0714. The summed E-state index contributed by atoms with van der Waals surface area (Å²) in [6, 6.07) is 7.36. The van der Waals surface area contributed by atoms with Gasteiger partial charge in [0.2, 0.25) is 0 Å². The standard InChI is InChI=1S/C14H15N3/c1-9-7-13(16)14(8-10(9)2)17-12-5-3-11(15)4-6-12/h3-8H,1,15-16H2,2H3/b17-14-. The van der Waals surface area contributed by atoms with Crippen LogP contribution in [-0.4, -0.2) is 5.71 Å². The van der Waals surface area contributed by atoms with Crippen molar-refractivity contribution in [3.63, 3.8) is 0 Å². The summed E-state index contributed by atoms with van der Waals surface area (Å²) in [5, 5.41) is 0. The van der Waals surface area contributed by atoms with E-state index in [-0.39, 0.29) is 0 Å². The molecule has 1 aromatic rings. The number of nitrogen functional groups attached to an aromatic ring is 1. The van der Waals surface area contributed by atoms with Gasteiger partial charge in [-0.1, -0.05) is 6.58 Å². The van der Waals surface area contributed by atoms with Gasteiger partial charge in [-0.2, -0.15) is 0 Å². The van der Waals surface area contributed by atoms with Crippen LogP contribution >= 0.6 is 0 Å². The van der Waals surface area contributed by atoms with Crippen molar-refractivity contribution in [1.29, 1.82) is 0 Å². The zero-order valence-corrected chi connectivity index (χ0v) is 9.77. The average molecular weight is 225 g/mol. The van der Waals surface area contributed by atoms with E-state index in [1.54, 1.807) is 0 Å². The van der Waals surface area contributed by atoms with E-state index < -0.39 is 0 Å². The number of hydrogen-bond acceptors (Lipinski definition) is 3. The van der Waals surface area contributed by atoms with Gasteiger partial charge in [0.15, 0.2) is 0 Å². The topological polar surface area (TPSA) is 64.4 Å². The van der Waals surface area contributed by atoms with Gasteiger partial charge in [-0.3, -0.25) is 0 Å². The summed E-state index contributed by atoms with van der Waals surface area (Å²) in [4.78, 5) is 4.48.